The molecule has 0 aromatic heterocycles. The van der Waals surface area contributed by atoms with E-state index in [1.54, 1.807) is 4.90 Å². The lowest BCUT2D eigenvalue weighted by atomic mass is 9.90. The quantitative estimate of drug-likeness (QED) is 0.577. The molecule has 5 nitrogen and oxygen atoms in total. The summed E-state index contributed by atoms with van der Waals surface area (Å²) in [5, 5.41) is 2.82. The van der Waals surface area contributed by atoms with Gasteiger partial charge in [-0.15, -0.1) is 0 Å². The van der Waals surface area contributed by atoms with Crippen LogP contribution in [-0.4, -0.2) is 41.4 Å². The Balaban J connectivity index is 1.56. The van der Waals surface area contributed by atoms with Crippen molar-refractivity contribution in [2.24, 2.45) is 5.73 Å². The van der Waals surface area contributed by atoms with Crippen LogP contribution in [0.4, 0.5) is 17.6 Å². The molecule has 0 radical (unpaired) electrons. The number of alkyl halides is 3. The maximum absolute atomic E-state index is 14.8. The molecule has 1 atom stereocenters. The van der Waals surface area contributed by atoms with Gasteiger partial charge in [0.2, 0.25) is 11.8 Å². The van der Waals surface area contributed by atoms with Gasteiger partial charge in [-0.05, 0) is 57.2 Å². The number of carbonyl (C=O) groups excluding carboxylic acids is 2. The molecule has 0 bridgehead atoms. The van der Waals surface area contributed by atoms with Crippen molar-refractivity contribution in [1.82, 2.24) is 10.2 Å². The molecule has 2 aromatic rings. The molecule has 2 fully saturated rings. The molecule has 1 aliphatic heterocycles. The first kappa shape index (κ1) is 26.1. The molecule has 3 N–H and O–H groups in total. The van der Waals surface area contributed by atoms with E-state index in [0.29, 0.717) is 44.8 Å². The van der Waals surface area contributed by atoms with Gasteiger partial charge in [-0.25, -0.2) is 4.39 Å². The van der Waals surface area contributed by atoms with Gasteiger partial charge < -0.3 is 16.0 Å². The van der Waals surface area contributed by atoms with Crippen molar-refractivity contribution in [2.45, 2.75) is 69.1 Å². The summed E-state index contributed by atoms with van der Waals surface area (Å²) >= 11 is 0. The van der Waals surface area contributed by atoms with E-state index in [-0.39, 0.29) is 23.4 Å². The van der Waals surface area contributed by atoms with Gasteiger partial charge in [-0.2, -0.15) is 13.2 Å². The van der Waals surface area contributed by atoms with Crippen LogP contribution in [0.15, 0.2) is 42.5 Å². The number of aryl methyl sites for hydroxylation is 1. The van der Waals surface area contributed by atoms with Crippen LogP contribution in [-0.2, 0) is 27.6 Å². The number of rotatable bonds is 6. The highest BCUT2D eigenvalue weighted by atomic mass is 19.4. The predicted molar refractivity (Wildman–Crippen MR) is 128 cm³/mol. The lowest BCUT2D eigenvalue weighted by Crippen LogP contribution is -2.56. The molecule has 1 saturated carbocycles. The van der Waals surface area contributed by atoms with Crippen LogP contribution in [0.5, 0.6) is 0 Å². The Morgan fingerprint density at radius 1 is 1.06 bits per heavy atom. The molecule has 2 aromatic carbocycles. The number of amides is 2. The number of nitrogens with one attached hydrogen (secondary N) is 1. The van der Waals surface area contributed by atoms with E-state index in [1.807, 2.05) is 38.1 Å². The average Bonchev–Trinajstić information content (AvgIpc) is 3.61. The summed E-state index contributed by atoms with van der Waals surface area (Å²) in [6.07, 6.45) is -2.59. The summed E-state index contributed by atoms with van der Waals surface area (Å²) in [7, 11) is 0. The molecule has 36 heavy (non-hydrogen) atoms. The Morgan fingerprint density at radius 2 is 1.67 bits per heavy atom. The predicted octanol–water partition coefficient (Wildman–Crippen LogP) is 4.25. The number of carbonyl (C=O) groups is 2. The molecule has 0 spiro atoms. The third-order valence-electron chi connectivity index (χ3n) is 7.38. The van der Waals surface area contributed by atoms with E-state index in [0.717, 1.165) is 23.3 Å². The van der Waals surface area contributed by atoms with Crippen molar-refractivity contribution < 1.29 is 27.2 Å². The molecular formula is C27H31F4N3O2. The third-order valence-corrected chi connectivity index (χ3v) is 7.38. The Labute approximate surface area is 208 Å². The first-order chi connectivity index (χ1) is 16.8. The summed E-state index contributed by atoms with van der Waals surface area (Å²) in [4.78, 5) is 28.6. The zero-order valence-electron chi connectivity index (χ0n) is 20.4. The van der Waals surface area contributed by atoms with Crippen molar-refractivity contribution in [3.8, 4) is 0 Å². The number of hydrogen-bond donors (Lipinski definition) is 2. The SMILES string of the molecule is Cc1ccc(CC(NC(=O)C2(c3ccc(C(F)(F)F)cc3F)CC2)C(=O)N2CCC(C)(N)CC2)cc1. The zero-order valence-corrected chi connectivity index (χ0v) is 20.4. The van der Waals surface area contributed by atoms with Gasteiger partial charge in [-0.1, -0.05) is 35.9 Å². The minimum atomic E-state index is -4.68. The molecule has 4 rings (SSSR count). The molecule has 2 aliphatic rings. The van der Waals surface area contributed by atoms with Gasteiger partial charge in [0.1, 0.15) is 11.9 Å². The summed E-state index contributed by atoms with van der Waals surface area (Å²) in [6.45, 7) is 4.81. The highest BCUT2D eigenvalue weighted by molar-refractivity contribution is 5.95. The Hall–Kier alpha value is -2.94. The largest absolute Gasteiger partial charge is 0.416 e. The van der Waals surface area contributed by atoms with Gasteiger partial charge in [-0.3, -0.25) is 9.59 Å². The second kappa shape index (κ2) is 9.50. The van der Waals surface area contributed by atoms with E-state index in [1.165, 1.54) is 0 Å². The summed E-state index contributed by atoms with van der Waals surface area (Å²) in [6, 6.07) is 8.96. The number of benzene rings is 2. The van der Waals surface area contributed by atoms with E-state index in [4.69, 9.17) is 5.73 Å². The first-order valence-corrected chi connectivity index (χ1v) is 12.1. The average molecular weight is 506 g/mol. The number of nitrogens with zero attached hydrogens (tertiary/aromatic N) is 1. The van der Waals surface area contributed by atoms with E-state index >= 15 is 0 Å². The van der Waals surface area contributed by atoms with Crippen LogP contribution in [0, 0.1) is 12.7 Å². The molecule has 1 aliphatic carbocycles. The Kier molecular flexibility index (Phi) is 6.90. The van der Waals surface area contributed by atoms with E-state index in [2.05, 4.69) is 5.32 Å². The van der Waals surface area contributed by atoms with Crippen LogP contribution in [0.2, 0.25) is 0 Å². The molecule has 194 valence electrons. The summed E-state index contributed by atoms with van der Waals surface area (Å²) < 4.78 is 53.7. The standard InChI is InChI=1S/C27H31F4N3O2/c1-17-3-5-18(6-4-17)15-22(23(35)34-13-11-25(2,32)12-14-34)33-24(36)26(9-10-26)20-8-7-19(16-21(20)28)27(29,30)31/h3-8,16,22H,9-15,32H2,1-2H3,(H,33,36). The van der Waals surface area contributed by atoms with Gasteiger partial charge >= 0.3 is 6.18 Å². The van der Waals surface area contributed by atoms with Gasteiger partial charge in [0, 0.05) is 30.6 Å². The number of halogens is 4. The molecule has 1 unspecified atom stereocenters. The van der Waals surface area contributed by atoms with Crippen LogP contribution in [0.25, 0.3) is 0 Å². The number of hydrogen-bond acceptors (Lipinski definition) is 3. The first-order valence-electron chi connectivity index (χ1n) is 12.1. The van der Waals surface area contributed by atoms with Crippen molar-refractivity contribution in [3.63, 3.8) is 0 Å². The zero-order chi connectivity index (χ0) is 26.3. The summed E-state index contributed by atoms with van der Waals surface area (Å²) in [5.74, 6) is -1.87. The van der Waals surface area contributed by atoms with Crippen LogP contribution < -0.4 is 11.1 Å². The Bertz CT molecular complexity index is 1130. The minimum absolute atomic E-state index is 0.0774. The molecule has 1 heterocycles. The Morgan fingerprint density at radius 3 is 2.19 bits per heavy atom. The smallest absolute Gasteiger partial charge is 0.343 e. The normalized spacial score (nSPS) is 19.5. The van der Waals surface area contributed by atoms with E-state index in [9.17, 15) is 27.2 Å². The number of likely N-dealkylation sites (tertiary alicyclic amines) is 1. The third kappa shape index (κ3) is 5.56. The van der Waals surface area contributed by atoms with Crippen molar-refractivity contribution in [1.29, 1.82) is 0 Å². The second-order valence-electron chi connectivity index (χ2n) is 10.5. The monoisotopic (exact) mass is 505 g/mol. The lowest BCUT2D eigenvalue weighted by Gasteiger charge is -2.38. The lowest BCUT2D eigenvalue weighted by molar-refractivity contribution is -0.138. The molecular weight excluding hydrogens is 474 g/mol. The summed E-state index contributed by atoms with van der Waals surface area (Å²) in [5.41, 5.74) is 5.29. The minimum Gasteiger partial charge on any atom is -0.343 e. The fraction of sp³-hybridized carbons (Fsp3) is 0.481. The van der Waals surface area contributed by atoms with Crippen molar-refractivity contribution >= 4 is 11.8 Å². The molecule has 2 amide bonds. The maximum atomic E-state index is 14.8. The van der Waals surface area contributed by atoms with Crippen LogP contribution in [0.3, 0.4) is 0 Å². The van der Waals surface area contributed by atoms with Crippen LogP contribution >= 0.6 is 0 Å². The highest BCUT2D eigenvalue weighted by Crippen LogP contribution is 2.50. The maximum Gasteiger partial charge on any atom is 0.416 e. The van der Waals surface area contributed by atoms with Crippen molar-refractivity contribution in [3.05, 3.63) is 70.5 Å². The number of nitrogens with two attached hydrogens (primary N) is 1. The van der Waals surface area contributed by atoms with Gasteiger partial charge in [0.25, 0.3) is 0 Å². The number of piperidine rings is 1. The molecule has 9 heteroatoms. The fourth-order valence-corrected chi connectivity index (χ4v) is 4.74. The van der Waals surface area contributed by atoms with Crippen LogP contribution in [0.1, 0.15) is 54.9 Å². The van der Waals surface area contributed by atoms with Crippen molar-refractivity contribution in [2.75, 3.05) is 13.1 Å². The van der Waals surface area contributed by atoms with E-state index < -0.39 is 34.9 Å². The highest BCUT2D eigenvalue weighted by Gasteiger charge is 2.54. The topological polar surface area (TPSA) is 75.4 Å². The van der Waals surface area contributed by atoms with Gasteiger partial charge in [0.05, 0.1) is 11.0 Å². The second-order valence-corrected chi connectivity index (χ2v) is 10.5. The fourth-order valence-electron chi connectivity index (χ4n) is 4.74. The molecule has 1 saturated heterocycles. The van der Waals surface area contributed by atoms with Gasteiger partial charge in [0.15, 0.2) is 0 Å².